The normalized spacial score (nSPS) is 11.1. The standard InChI is InChI=1S/C24H22BrN5O4S.C2H6/c1-33-17-10-16(11-18(13-17)34-2)27-23-24(29-21-9-4-3-8-20(21)28-23)30-35(32)19-7-5-6-15(12-19)26-22(31)14-25;1-2/h3-13H,14H2,1-2H3,(H,26,31)(H,27,28)(H,29,30);1-2H3. The number of rotatable bonds is 9. The zero-order valence-corrected chi connectivity index (χ0v) is 23.3. The van der Waals surface area contributed by atoms with Gasteiger partial charge in [0, 0.05) is 29.6 Å². The van der Waals surface area contributed by atoms with Crippen molar-refractivity contribution in [1.29, 1.82) is 0 Å². The van der Waals surface area contributed by atoms with E-state index < -0.39 is 11.0 Å². The van der Waals surface area contributed by atoms with Crippen LogP contribution in [-0.4, -0.2) is 39.6 Å². The first-order valence-corrected chi connectivity index (χ1v) is 13.7. The molecule has 0 aliphatic heterocycles. The Morgan fingerprint density at radius 1 is 0.865 bits per heavy atom. The Morgan fingerprint density at radius 3 is 2.08 bits per heavy atom. The van der Waals surface area contributed by atoms with E-state index in [2.05, 4.69) is 41.3 Å². The van der Waals surface area contributed by atoms with Crippen LogP contribution in [-0.2, 0) is 15.8 Å². The smallest absolute Gasteiger partial charge is 0.235 e. The lowest BCUT2D eigenvalue weighted by Crippen LogP contribution is -2.13. The highest BCUT2D eigenvalue weighted by Crippen LogP contribution is 2.31. The Morgan fingerprint density at radius 2 is 1.49 bits per heavy atom. The lowest BCUT2D eigenvalue weighted by Gasteiger charge is -2.15. The molecule has 1 unspecified atom stereocenters. The molecule has 0 spiro atoms. The molecule has 4 aromatic rings. The van der Waals surface area contributed by atoms with E-state index in [1.165, 1.54) is 0 Å². The molecule has 0 bridgehead atoms. The number of methoxy groups -OCH3 is 2. The van der Waals surface area contributed by atoms with Gasteiger partial charge in [-0.25, -0.2) is 14.2 Å². The number of amides is 1. The molecular formula is C26H28BrN5O4S. The number of fused-ring (bicyclic) bond motifs is 1. The van der Waals surface area contributed by atoms with Crippen molar-refractivity contribution < 1.29 is 18.5 Å². The van der Waals surface area contributed by atoms with E-state index in [0.29, 0.717) is 50.4 Å². The molecule has 0 aliphatic rings. The summed E-state index contributed by atoms with van der Waals surface area (Å²) >= 11 is 3.11. The van der Waals surface area contributed by atoms with Crippen molar-refractivity contribution in [3.05, 3.63) is 66.7 Å². The van der Waals surface area contributed by atoms with Crippen LogP contribution in [0.3, 0.4) is 0 Å². The number of alkyl halides is 1. The zero-order valence-electron chi connectivity index (χ0n) is 20.9. The number of nitrogens with one attached hydrogen (secondary N) is 3. The third kappa shape index (κ3) is 7.40. The number of hydrogen-bond acceptors (Lipinski definition) is 7. The van der Waals surface area contributed by atoms with E-state index in [1.807, 2.05) is 38.1 Å². The molecule has 37 heavy (non-hydrogen) atoms. The van der Waals surface area contributed by atoms with Crippen molar-refractivity contribution in [3.8, 4) is 11.5 Å². The second-order valence-corrected chi connectivity index (χ2v) is 8.99. The minimum absolute atomic E-state index is 0.162. The summed E-state index contributed by atoms with van der Waals surface area (Å²) < 4.78 is 26.9. The average molecular weight is 587 g/mol. The van der Waals surface area contributed by atoms with Gasteiger partial charge in [0.15, 0.2) is 22.6 Å². The van der Waals surface area contributed by atoms with Crippen LogP contribution in [0.5, 0.6) is 11.5 Å². The second-order valence-electron chi connectivity index (χ2n) is 7.22. The fraction of sp³-hybridized carbons (Fsp3) is 0.192. The lowest BCUT2D eigenvalue weighted by atomic mass is 10.2. The minimum Gasteiger partial charge on any atom is -0.497 e. The molecule has 0 saturated heterocycles. The van der Waals surface area contributed by atoms with E-state index in [-0.39, 0.29) is 11.2 Å². The van der Waals surface area contributed by atoms with E-state index in [9.17, 15) is 9.00 Å². The fourth-order valence-corrected chi connectivity index (χ4v) is 4.22. The Labute approximate surface area is 226 Å². The average Bonchev–Trinajstić information content (AvgIpc) is 2.94. The van der Waals surface area contributed by atoms with E-state index in [1.54, 1.807) is 56.7 Å². The maximum Gasteiger partial charge on any atom is 0.235 e. The van der Waals surface area contributed by atoms with Crippen molar-refractivity contribution in [1.82, 2.24) is 9.97 Å². The molecular weight excluding hydrogens is 558 g/mol. The molecule has 11 heteroatoms. The predicted octanol–water partition coefficient (Wildman–Crippen LogP) is 5.88. The SMILES string of the molecule is CC.COc1cc(Nc2nc3ccccc3nc2NS(=O)c2cccc(NC(=O)CBr)c2)cc(OC)c1. The number of anilines is 4. The number of carbonyl (C=O) groups excluding carboxylic acids is 1. The summed E-state index contributed by atoms with van der Waals surface area (Å²) in [5, 5.41) is 6.11. The van der Waals surface area contributed by atoms with Crippen LogP contribution in [0.2, 0.25) is 0 Å². The Kier molecular flexibility index (Phi) is 10.2. The quantitative estimate of drug-likeness (QED) is 0.210. The van der Waals surface area contributed by atoms with Gasteiger partial charge in [-0.05, 0) is 30.3 Å². The highest BCUT2D eigenvalue weighted by molar-refractivity contribution is 9.09. The van der Waals surface area contributed by atoms with Crippen LogP contribution in [0, 0.1) is 0 Å². The van der Waals surface area contributed by atoms with Gasteiger partial charge in [0.1, 0.15) is 11.5 Å². The van der Waals surface area contributed by atoms with Crippen molar-refractivity contribution in [3.63, 3.8) is 0 Å². The third-order valence-corrected chi connectivity index (χ3v) is 6.40. The number of halogens is 1. The summed E-state index contributed by atoms with van der Waals surface area (Å²) in [6, 6.07) is 19.5. The largest absolute Gasteiger partial charge is 0.497 e. The molecule has 0 aliphatic carbocycles. The molecule has 1 aromatic heterocycles. The summed E-state index contributed by atoms with van der Waals surface area (Å²) in [6.45, 7) is 4.00. The van der Waals surface area contributed by atoms with Crippen molar-refractivity contribution >= 4 is 66.9 Å². The van der Waals surface area contributed by atoms with Crippen molar-refractivity contribution in [2.24, 2.45) is 0 Å². The van der Waals surface area contributed by atoms with Crippen LogP contribution < -0.4 is 24.8 Å². The van der Waals surface area contributed by atoms with Crippen LogP contribution in [0.1, 0.15) is 13.8 Å². The molecule has 0 saturated carbocycles. The number of hydrogen-bond donors (Lipinski definition) is 3. The molecule has 0 fully saturated rings. The van der Waals surface area contributed by atoms with Gasteiger partial charge < -0.3 is 20.1 Å². The highest BCUT2D eigenvalue weighted by atomic mass is 79.9. The van der Waals surface area contributed by atoms with Gasteiger partial charge in [-0.15, -0.1) is 0 Å². The van der Waals surface area contributed by atoms with Crippen LogP contribution in [0.15, 0.2) is 71.6 Å². The monoisotopic (exact) mass is 585 g/mol. The maximum absolute atomic E-state index is 13.2. The number of benzene rings is 3. The number of aromatic nitrogens is 2. The molecule has 194 valence electrons. The summed E-state index contributed by atoms with van der Waals surface area (Å²) in [7, 11) is 1.45. The molecule has 9 nitrogen and oxygen atoms in total. The summed E-state index contributed by atoms with van der Waals surface area (Å²) in [6.07, 6.45) is 0. The third-order valence-electron chi connectivity index (χ3n) is 4.83. The Hall–Kier alpha value is -3.70. The Bertz CT molecular complexity index is 1380. The van der Waals surface area contributed by atoms with Gasteiger partial charge in [-0.1, -0.05) is 48.0 Å². The lowest BCUT2D eigenvalue weighted by molar-refractivity contribution is -0.113. The van der Waals surface area contributed by atoms with Crippen molar-refractivity contribution in [2.45, 2.75) is 18.7 Å². The topological polar surface area (TPSA) is 114 Å². The second kappa shape index (κ2) is 13.6. The van der Waals surface area contributed by atoms with E-state index in [0.717, 1.165) is 0 Å². The summed E-state index contributed by atoms with van der Waals surface area (Å²) in [4.78, 5) is 21.5. The van der Waals surface area contributed by atoms with Gasteiger partial charge in [-0.3, -0.25) is 9.52 Å². The minimum atomic E-state index is -1.69. The Balaban J connectivity index is 0.00000186. The molecule has 3 aromatic carbocycles. The summed E-state index contributed by atoms with van der Waals surface area (Å²) in [5.41, 5.74) is 2.49. The summed E-state index contributed by atoms with van der Waals surface area (Å²) in [5.74, 6) is 1.65. The highest BCUT2D eigenvalue weighted by Gasteiger charge is 2.15. The maximum atomic E-state index is 13.2. The number of nitrogens with zero attached hydrogens (tertiary/aromatic N) is 2. The van der Waals surface area contributed by atoms with Gasteiger partial charge in [0.05, 0.1) is 35.5 Å². The number of ether oxygens (including phenoxy) is 2. The first-order valence-electron chi connectivity index (χ1n) is 11.4. The van der Waals surface area contributed by atoms with Gasteiger partial charge in [0.25, 0.3) is 0 Å². The molecule has 4 rings (SSSR count). The molecule has 1 atom stereocenters. The van der Waals surface area contributed by atoms with Gasteiger partial charge >= 0.3 is 0 Å². The van der Waals surface area contributed by atoms with Gasteiger partial charge in [-0.2, -0.15) is 0 Å². The van der Waals surface area contributed by atoms with Crippen LogP contribution in [0.4, 0.5) is 23.0 Å². The number of para-hydroxylation sites is 2. The van der Waals surface area contributed by atoms with Crippen LogP contribution in [0.25, 0.3) is 11.0 Å². The van der Waals surface area contributed by atoms with Gasteiger partial charge in [0.2, 0.25) is 5.91 Å². The molecule has 1 heterocycles. The predicted molar refractivity (Wildman–Crippen MR) is 153 cm³/mol. The molecule has 0 radical (unpaired) electrons. The fourth-order valence-electron chi connectivity index (χ4n) is 3.20. The molecule has 1 amide bonds. The van der Waals surface area contributed by atoms with E-state index in [4.69, 9.17) is 9.47 Å². The first-order chi connectivity index (χ1) is 18.0. The van der Waals surface area contributed by atoms with Crippen molar-refractivity contribution in [2.75, 3.05) is 34.9 Å². The first kappa shape index (κ1) is 27.9. The molecule has 3 N–H and O–H groups in total. The van der Waals surface area contributed by atoms with E-state index >= 15 is 0 Å². The number of carbonyl (C=O) groups is 1. The van der Waals surface area contributed by atoms with Crippen LogP contribution >= 0.6 is 15.9 Å². The zero-order chi connectivity index (χ0) is 26.8.